The Bertz CT molecular complexity index is 209. The van der Waals surface area contributed by atoms with Gasteiger partial charge in [0.25, 0.3) is 0 Å². The van der Waals surface area contributed by atoms with Crippen LogP contribution in [0.1, 0.15) is 40.5 Å². The Labute approximate surface area is 106 Å². The van der Waals surface area contributed by atoms with Crippen LogP contribution in [0.15, 0.2) is 0 Å². The second kappa shape index (κ2) is 9.42. The minimum Gasteiger partial charge on any atom is -0.354 e. The minimum absolute atomic E-state index is 0.0860. The van der Waals surface area contributed by atoms with Gasteiger partial charge in [0.15, 0.2) is 0 Å². The Morgan fingerprint density at radius 3 is 2.41 bits per heavy atom. The fourth-order valence-corrected chi connectivity index (χ4v) is 1.38. The molecule has 0 rings (SSSR count). The number of carbonyl (C=O) groups excluding carboxylic acids is 1. The van der Waals surface area contributed by atoms with E-state index in [-0.39, 0.29) is 5.91 Å². The minimum atomic E-state index is 0.0860. The van der Waals surface area contributed by atoms with Gasteiger partial charge in [-0.1, -0.05) is 13.8 Å². The Hall–Kier alpha value is -0.610. The van der Waals surface area contributed by atoms with Gasteiger partial charge in [0.05, 0.1) is 6.54 Å². The summed E-state index contributed by atoms with van der Waals surface area (Å²) in [5, 5.41) is 6.11. The standard InChI is InChI=1S/C13H29N3O/c1-6-11(3)15-10-13(17)14-8-9-16(5)12(4)7-2/h11-12,15H,6-10H2,1-5H3,(H,14,17). The number of carbonyl (C=O) groups is 1. The molecule has 0 aliphatic heterocycles. The molecule has 0 bridgehead atoms. The van der Waals surface area contributed by atoms with Gasteiger partial charge >= 0.3 is 0 Å². The second-order valence-corrected chi connectivity index (χ2v) is 4.78. The third kappa shape index (κ3) is 8.16. The highest BCUT2D eigenvalue weighted by Crippen LogP contribution is 1.97. The van der Waals surface area contributed by atoms with E-state index in [1.165, 1.54) is 0 Å². The number of hydrogen-bond donors (Lipinski definition) is 2. The molecule has 2 unspecified atom stereocenters. The van der Waals surface area contributed by atoms with Crippen molar-refractivity contribution in [1.29, 1.82) is 0 Å². The predicted octanol–water partition coefficient (Wildman–Crippen LogP) is 1.22. The monoisotopic (exact) mass is 243 g/mol. The molecule has 2 N–H and O–H groups in total. The van der Waals surface area contributed by atoms with Crippen LogP contribution in [0.3, 0.4) is 0 Å². The van der Waals surface area contributed by atoms with E-state index in [9.17, 15) is 4.79 Å². The van der Waals surface area contributed by atoms with Gasteiger partial charge < -0.3 is 15.5 Å². The van der Waals surface area contributed by atoms with Crippen molar-refractivity contribution < 1.29 is 4.79 Å². The molecule has 0 radical (unpaired) electrons. The van der Waals surface area contributed by atoms with Gasteiger partial charge in [-0.15, -0.1) is 0 Å². The molecule has 0 aromatic rings. The van der Waals surface area contributed by atoms with E-state index in [0.29, 0.717) is 18.6 Å². The van der Waals surface area contributed by atoms with E-state index in [1.54, 1.807) is 0 Å². The molecule has 0 aromatic carbocycles. The zero-order valence-electron chi connectivity index (χ0n) is 12.0. The zero-order chi connectivity index (χ0) is 13.3. The summed E-state index contributed by atoms with van der Waals surface area (Å²) in [4.78, 5) is 13.8. The summed E-state index contributed by atoms with van der Waals surface area (Å²) in [5.41, 5.74) is 0. The highest BCUT2D eigenvalue weighted by molar-refractivity contribution is 5.77. The lowest BCUT2D eigenvalue weighted by Gasteiger charge is -2.23. The Kier molecular flexibility index (Phi) is 9.09. The van der Waals surface area contributed by atoms with E-state index in [2.05, 4.69) is 50.3 Å². The molecule has 1 amide bonds. The highest BCUT2D eigenvalue weighted by atomic mass is 16.1. The van der Waals surface area contributed by atoms with Crippen molar-refractivity contribution in [2.24, 2.45) is 0 Å². The summed E-state index contributed by atoms with van der Waals surface area (Å²) in [6.45, 7) is 10.6. The quantitative estimate of drug-likeness (QED) is 0.640. The van der Waals surface area contributed by atoms with Crippen molar-refractivity contribution >= 4 is 5.91 Å². The second-order valence-electron chi connectivity index (χ2n) is 4.78. The molecule has 4 nitrogen and oxygen atoms in total. The summed E-state index contributed by atoms with van der Waals surface area (Å²) >= 11 is 0. The van der Waals surface area contributed by atoms with Crippen LogP contribution < -0.4 is 10.6 Å². The first-order valence-corrected chi connectivity index (χ1v) is 6.71. The van der Waals surface area contributed by atoms with Gasteiger partial charge in [0.1, 0.15) is 0 Å². The van der Waals surface area contributed by atoms with E-state index in [1.807, 2.05) is 0 Å². The summed E-state index contributed by atoms with van der Waals surface area (Å²) in [5.74, 6) is 0.0860. The van der Waals surface area contributed by atoms with E-state index in [0.717, 1.165) is 25.9 Å². The molecule has 2 atom stereocenters. The smallest absolute Gasteiger partial charge is 0.234 e. The van der Waals surface area contributed by atoms with Gasteiger partial charge in [0, 0.05) is 25.2 Å². The summed E-state index contributed by atoms with van der Waals surface area (Å²) in [6, 6.07) is 0.980. The lowest BCUT2D eigenvalue weighted by atomic mass is 10.2. The number of amides is 1. The van der Waals surface area contributed by atoms with Crippen molar-refractivity contribution in [2.45, 2.75) is 52.6 Å². The largest absolute Gasteiger partial charge is 0.354 e. The molecular weight excluding hydrogens is 214 g/mol. The lowest BCUT2D eigenvalue weighted by molar-refractivity contribution is -0.120. The molecule has 0 saturated carbocycles. The summed E-state index contributed by atoms with van der Waals surface area (Å²) < 4.78 is 0. The zero-order valence-corrected chi connectivity index (χ0v) is 12.0. The molecule has 4 heteroatoms. The maximum Gasteiger partial charge on any atom is 0.234 e. The molecule has 102 valence electrons. The topological polar surface area (TPSA) is 44.4 Å². The molecule has 0 aliphatic rings. The third-order valence-electron chi connectivity index (χ3n) is 3.35. The fourth-order valence-electron chi connectivity index (χ4n) is 1.38. The number of nitrogens with one attached hydrogen (secondary N) is 2. The first-order valence-electron chi connectivity index (χ1n) is 6.71. The third-order valence-corrected chi connectivity index (χ3v) is 3.35. The van der Waals surface area contributed by atoms with Gasteiger partial charge in [-0.2, -0.15) is 0 Å². The predicted molar refractivity (Wildman–Crippen MR) is 73.1 cm³/mol. The molecule has 0 fully saturated rings. The molecule has 0 aliphatic carbocycles. The molecule has 0 aromatic heterocycles. The van der Waals surface area contributed by atoms with Gasteiger partial charge in [-0.3, -0.25) is 4.79 Å². The maximum absolute atomic E-state index is 11.5. The van der Waals surface area contributed by atoms with Gasteiger partial charge in [-0.25, -0.2) is 0 Å². The molecular formula is C13H29N3O. The van der Waals surface area contributed by atoms with Crippen LogP contribution >= 0.6 is 0 Å². The first kappa shape index (κ1) is 16.4. The van der Waals surface area contributed by atoms with Crippen LogP contribution in [0.25, 0.3) is 0 Å². The van der Waals surface area contributed by atoms with Crippen LogP contribution in [0.5, 0.6) is 0 Å². The van der Waals surface area contributed by atoms with Crippen molar-refractivity contribution in [3.05, 3.63) is 0 Å². The van der Waals surface area contributed by atoms with Crippen molar-refractivity contribution in [1.82, 2.24) is 15.5 Å². The normalized spacial score (nSPS) is 14.7. The lowest BCUT2D eigenvalue weighted by Crippen LogP contribution is -2.41. The number of hydrogen-bond acceptors (Lipinski definition) is 3. The number of likely N-dealkylation sites (N-methyl/N-ethyl adjacent to an activating group) is 1. The fraction of sp³-hybridized carbons (Fsp3) is 0.923. The van der Waals surface area contributed by atoms with Crippen LogP contribution in [-0.4, -0.2) is 49.6 Å². The molecule has 0 spiro atoms. The van der Waals surface area contributed by atoms with Crippen molar-refractivity contribution in [3.8, 4) is 0 Å². The molecule has 0 saturated heterocycles. The van der Waals surface area contributed by atoms with E-state index in [4.69, 9.17) is 0 Å². The average molecular weight is 243 g/mol. The molecule has 0 heterocycles. The van der Waals surface area contributed by atoms with Crippen LogP contribution in [0, 0.1) is 0 Å². The first-order chi connectivity index (χ1) is 8.01. The van der Waals surface area contributed by atoms with Crippen molar-refractivity contribution in [2.75, 3.05) is 26.7 Å². The van der Waals surface area contributed by atoms with Crippen LogP contribution in [-0.2, 0) is 4.79 Å². The molecule has 17 heavy (non-hydrogen) atoms. The Balaban J connectivity index is 3.57. The average Bonchev–Trinajstić information content (AvgIpc) is 2.34. The van der Waals surface area contributed by atoms with E-state index < -0.39 is 0 Å². The van der Waals surface area contributed by atoms with Crippen LogP contribution in [0.2, 0.25) is 0 Å². The Morgan fingerprint density at radius 1 is 1.24 bits per heavy atom. The maximum atomic E-state index is 11.5. The number of nitrogens with zero attached hydrogens (tertiary/aromatic N) is 1. The summed E-state index contributed by atoms with van der Waals surface area (Å²) in [6.07, 6.45) is 2.18. The van der Waals surface area contributed by atoms with Gasteiger partial charge in [0.2, 0.25) is 5.91 Å². The Morgan fingerprint density at radius 2 is 1.88 bits per heavy atom. The summed E-state index contributed by atoms with van der Waals surface area (Å²) in [7, 11) is 2.09. The van der Waals surface area contributed by atoms with E-state index >= 15 is 0 Å². The van der Waals surface area contributed by atoms with Crippen molar-refractivity contribution in [3.63, 3.8) is 0 Å². The number of rotatable bonds is 9. The van der Waals surface area contributed by atoms with Gasteiger partial charge in [-0.05, 0) is 33.7 Å². The highest BCUT2D eigenvalue weighted by Gasteiger charge is 2.07. The van der Waals surface area contributed by atoms with Crippen LogP contribution in [0.4, 0.5) is 0 Å². The SMILES string of the molecule is CCC(C)NCC(=O)NCCN(C)C(C)CC.